The Balaban J connectivity index is 1.52. The van der Waals surface area contributed by atoms with Crippen molar-refractivity contribution in [3.8, 4) is 11.5 Å². The summed E-state index contributed by atoms with van der Waals surface area (Å²) in [6, 6.07) is 4.04. The molecule has 0 spiro atoms. The summed E-state index contributed by atoms with van der Waals surface area (Å²) in [6.07, 6.45) is 9.26. The number of hydrogen-bond acceptors (Lipinski definition) is 7. The number of nitrogens with zero attached hydrogens (tertiary/aromatic N) is 3. The molecule has 0 aliphatic carbocycles. The number of rotatable bonds is 0. The Bertz CT molecular complexity index is 1310. The van der Waals surface area contributed by atoms with Gasteiger partial charge < -0.3 is 24.8 Å². The minimum Gasteiger partial charge on any atom is -0.502 e. The van der Waals surface area contributed by atoms with Crippen LogP contribution in [-0.4, -0.2) is 65.6 Å². The second-order valence-electron chi connectivity index (χ2n) is 9.52. The lowest BCUT2D eigenvalue weighted by Crippen LogP contribution is -2.65. The number of pyridine rings is 1. The maximum atomic E-state index is 13.9. The van der Waals surface area contributed by atoms with Gasteiger partial charge in [-0.15, -0.1) is 0 Å². The van der Waals surface area contributed by atoms with E-state index in [1.165, 1.54) is 29.1 Å². The molecule has 11 heteroatoms. The van der Waals surface area contributed by atoms with Crippen molar-refractivity contribution in [2.75, 3.05) is 37.9 Å². The maximum Gasteiger partial charge on any atom is 0.278 e. The standard InChI is InChI=1S/C27H31FN4O6/c28-19-9-8-18-15-29-26(35)20-16-32-23(25(34)24(20)33)27(36)30-11-13-37-17-22(30)31(32)10-6-4-2-1-3-5-7-12-38-21(18)14-19/h3,5,8-9,14,16,22,34H,1-2,4,6-7,10-13,15,17H2,(H,29,35)/b5-3+/t22-/m0/s1. The van der Waals surface area contributed by atoms with E-state index in [2.05, 4.69) is 11.4 Å². The van der Waals surface area contributed by atoms with Gasteiger partial charge >= 0.3 is 0 Å². The first-order valence-electron chi connectivity index (χ1n) is 12.9. The molecular weight excluding hydrogens is 495 g/mol. The molecule has 0 radical (unpaired) electrons. The number of aromatic hydroxyl groups is 1. The molecule has 2 bridgehead atoms. The van der Waals surface area contributed by atoms with Gasteiger partial charge in [-0.3, -0.25) is 24.1 Å². The largest absolute Gasteiger partial charge is 0.502 e. The number of aromatic nitrogens is 1. The number of carbonyl (C=O) groups is 2. The Kier molecular flexibility index (Phi) is 7.64. The monoisotopic (exact) mass is 526 g/mol. The van der Waals surface area contributed by atoms with Crippen LogP contribution < -0.4 is 20.5 Å². The minimum atomic E-state index is -0.929. The smallest absolute Gasteiger partial charge is 0.278 e. The van der Waals surface area contributed by atoms with Gasteiger partial charge in [-0.05, 0) is 31.7 Å². The van der Waals surface area contributed by atoms with Crippen LogP contribution in [0, 0.1) is 5.82 Å². The molecule has 3 aliphatic heterocycles. The van der Waals surface area contributed by atoms with Crippen molar-refractivity contribution >= 4 is 11.8 Å². The lowest BCUT2D eigenvalue weighted by atomic mass is 10.1. The van der Waals surface area contributed by atoms with Crippen molar-refractivity contribution in [2.24, 2.45) is 0 Å². The van der Waals surface area contributed by atoms with E-state index in [9.17, 15) is 23.9 Å². The summed E-state index contributed by atoms with van der Waals surface area (Å²) < 4.78 is 26.7. The summed E-state index contributed by atoms with van der Waals surface area (Å²) in [5.41, 5.74) is -0.856. The minimum absolute atomic E-state index is 0.0286. The summed E-state index contributed by atoms with van der Waals surface area (Å²) >= 11 is 0. The van der Waals surface area contributed by atoms with Crippen molar-refractivity contribution in [2.45, 2.75) is 44.8 Å². The lowest BCUT2D eigenvalue weighted by molar-refractivity contribution is -0.0173. The number of hydrogen-bond donors (Lipinski definition) is 2. The number of halogens is 1. The molecule has 10 nitrogen and oxygen atoms in total. The van der Waals surface area contributed by atoms with Gasteiger partial charge in [0.1, 0.15) is 23.3 Å². The molecule has 1 aromatic heterocycles. The molecule has 1 saturated heterocycles. The predicted octanol–water partition coefficient (Wildman–Crippen LogP) is 2.27. The van der Waals surface area contributed by atoms with Crippen LogP contribution in [0.1, 0.15) is 58.5 Å². The fraction of sp³-hybridized carbons (Fsp3) is 0.444. The molecule has 2 amide bonds. The molecule has 3 aliphatic rings. The first-order chi connectivity index (χ1) is 18.5. The second kappa shape index (κ2) is 11.3. The fourth-order valence-corrected chi connectivity index (χ4v) is 5.03. The molecule has 1 atom stereocenters. The summed E-state index contributed by atoms with van der Waals surface area (Å²) in [6.45, 7) is 1.83. The SMILES string of the molecule is O=C1NCc2ccc(F)cc2OCC/C=C/CCCCCN2[C@H]3COCCN3C(=O)c3c(O)c(=O)c1cn32. The first-order valence-corrected chi connectivity index (χ1v) is 12.9. The van der Waals surface area contributed by atoms with Crippen molar-refractivity contribution in [1.29, 1.82) is 0 Å². The number of allylic oxidation sites excluding steroid dienone is 1. The van der Waals surface area contributed by atoms with Gasteiger partial charge in [0.2, 0.25) is 5.43 Å². The number of ether oxygens (including phenoxy) is 2. The second-order valence-corrected chi connectivity index (χ2v) is 9.52. The molecule has 1 fully saturated rings. The summed E-state index contributed by atoms with van der Waals surface area (Å²) in [5.74, 6) is -2.14. The summed E-state index contributed by atoms with van der Waals surface area (Å²) in [4.78, 5) is 41.1. The Hall–Kier alpha value is -3.86. The van der Waals surface area contributed by atoms with E-state index < -0.39 is 35.0 Å². The van der Waals surface area contributed by atoms with Crippen molar-refractivity contribution in [1.82, 2.24) is 14.9 Å². The van der Waals surface area contributed by atoms with Gasteiger partial charge in [0.15, 0.2) is 11.4 Å². The molecule has 2 N–H and O–H groups in total. The zero-order valence-corrected chi connectivity index (χ0v) is 21.0. The van der Waals surface area contributed by atoms with E-state index in [0.29, 0.717) is 44.0 Å². The predicted molar refractivity (Wildman–Crippen MR) is 136 cm³/mol. The van der Waals surface area contributed by atoms with Gasteiger partial charge in [0, 0.05) is 37.5 Å². The van der Waals surface area contributed by atoms with Gasteiger partial charge in [0.25, 0.3) is 11.8 Å². The van der Waals surface area contributed by atoms with Crippen LogP contribution in [0.15, 0.2) is 41.3 Å². The highest BCUT2D eigenvalue weighted by Gasteiger charge is 2.42. The highest BCUT2D eigenvalue weighted by atomic mass is 19.1. The third-order valence-electron chi connectivity index (χ3n) is 7.03. The van der Waals surface area contributed by atoms with Gasteiger partial charge in [-0.1, -0.05) is 24.6 Å². The van der Waals surface area contributed by atoms with Crippen LogP contribution >= 0.6 is 0 Å². The van der Waals surface area contributed by atoms with Crippen LogP contribution in [0.5, 0.6) is 11.5 Å². The number of fused-ring (bicyclic) bond motifs is 4. The molecule has 38 heavy (non-hydrogen) atoms. The molecule has 1 aromatic carbocycles. The normalized spacial score (nSPS) is 21.7. The quantitative estimate of drug-likeness (QED) is 0.507. The zero-order chi connectivity index (χ0) is 26.6. The Morgan fingerprint density at radius 3 is 2.74 bits per heavy atom. The average molecular weight is 527 g/mol. The topological polar surface area (TPSA) is 113 Å². The summed E-state index contributed by atoms with van der Waals surface area (Å²) in [7, 11) is 0. The molecule has 0 unspecified atom stereocenters. The van der Waals surface area contributed by atoms with Crippen molar-refractivity contribution in [3.05, 3.63) is 69.4 Å². The van der Waals surface area contributed by atoms with Crippen molar-refractivity contribution < 1.29 is 28.6 Å². The molecule has 4 heterocycles. The fourth-order valence-electron chi connectivity index (χ4n) is 5.03. The third-order valence-corrected chi connectivity index (χ3v) is 7.03. The van der Waals surface area contributed by atoms with Crippen LogP contribution in [-0.2, 0) is 11.3 Å². The van der Waals surface area contributed by atoms with Gasteiger partial charge in [-0.2, -0.15) is 0 Å². The van der Waals surface area contributed by atoms with E-state index in [4.69, 9.17) is 9.47 Å². The molecule has 5 rings (SSSR count). The number of amides is 2. The first kappa shape index (κ1) is 25.8. The number of nitrogens with one attached hydrogen (secondary N) is 1. The molecule has 202 valence electrons. The van der Waals surface area contributed by atoms with E-state index in [1.807, 2.05) is 11.1 Å². The van der Waals surface area contributed by atoms with Crippen LogP contribution in [0.2, 0.25) is 0 Å². The van der Waals surface area contributed by atoms with Crippen molar-refractivity contribution in [3.63, 3.8) is 0 Å². The van der Waals surface area contributed by atoms with Crippen LogP contribution in [0.25, 0.3) is 0 Å². The Labute approximate surface area is 219 Å². The molecule has 2 aromatic rings. The Morgan fingerprint density at radius 2 is 1.87 bits per heavy atom. The van der Waals surface area contributed by atoms with Gasteiger partial charge in [-0.25, -0.2) is 4.39 Å². The summed E-state index contributed by atoms with van der Waals surface area (Å²) in [5, 5.41) is 15.4. The lowest BCUT2D eigenvalue weighted by Gasteiger charge is -2.48. The number of benzene rings is 1. The van der Waals surface area contributed by atoms with E-state index in [1.54, 1.807) is 4.90 Å². The van der Waals surface area contributed by atoms with E-state index in [-0.39, 0.29) is 24.4 Å². The number of morpholine rings is 1. The molecular formula is C27H31FN4O6. The zero-order valence-electron chi connectivity index (χ0n) is 21.0. The Morgan fingerprint density at radius 1 is 1.03 bits per heavy atom. The maximum absolute atomic E-state index is 13.9. The average Bonchev–Trinajstić information content (AvgIpc) is 2.91. The number of carbonyl (C=O) groups excluding carboxylic acids is 2. The van der Waals surface area contributed by atoms with Crippen LogP contribution in [0.4, 0.5) is 4.39 Å². The van der Waals surface area contributed by atoms with Crippen LogP contribution in [0.3, 0.4) is 0 Å². The highest BCUT2D eigenvalue weighted by Crippen LogP contribution is 2.27. The highest BCUT2D eigenvalue weighted by molar-refractivity contribution is 5.99. The molecule has 0 saturated carbocycles. The third kappa shape index (κ3) is 5.10. The van der Waals surface area contributed by atoms with E-state index >= 15 is 0 Å². The van der Waals surface area contributed by atoms with E-state index in [0.717, 1.165) is 25.7 Å². The van der Waals surface area contributed by atoms with Gasteiger partial charge in [0.05, 0.1) is 19.8 Å².